The van der Waals surface area contributed by atoms with Gasteiger partial charge in [-0.3, -0.25) is 14.4 Å². The number of hydrogen-bond acceptors (Lipinski definition) is 5. The Balaban J connectivity index is 1.70. The Hall–Kier alpha value is -3.66. The molecule has 2 aliphatic rings. The van der Waals surface area contributed by atoms with E-state index in [0.29, 0.717) is 28.4 Å². The molecule has 5 N–H and O–H groups in total. The molecule has 0 unspecified atom stereocenters. The van der Waals surface area contributed by atoms with Gasteiger partial charge in [0, 0.05) is 28.2 Å². The zero-order valence-electron chi connectivity index (χ0n) is 24.2. The summed E-state index contributed by atoms with van der Waals surface area (Å²) < 4.78 is 21.7. The Labute approximate surface area is 259 Å². The first-order valence-electron chi connectivity index (χ1n) is 14.0. The minimum atomic E-state index is -1.39. The Bertz CT molecular complexity index is 1630. The Morgan fingerprint density at radius 2 is 1.86 bits per heavy atom. The van der Waals surface area contributed by atoms with Crippen molar-refractivity contribution in [1.29, 1.82) is 0 Å². The Morgan fingerprint density at radius 3 is 2.53 bits per heavy atom. The summed E-state index contributed by atoms with van der Waals surface area (Å²) in [5.74, 6) is -3.02. The third-order valence-corrected chi connectivity index (χ3v) is 8.57. The molecule has 3 aromatic rings. The second-order valence-electron chi connectivity index (χ2n) is 12.1. The molecule has 3 aromatic carbocycles. The van der Waals surface area contributed by atoms with Crippen molar-refractivity contribution in [3.8, 4) is 5.75 Å². The van der Waals surface area contributed by atoms with Crippen LogP contribution in [0.3, 0.4) is 0 Å². The summed E-state index contributed by atoms with van der Waals surface area (Å²) in [5.41, 5.74) is 5.53. The van der Waals surface area contributed by atoms with Crippen molar-refractivity contribution in [3.63, 3.8) is 0 Å². The number of ether oxygens (including phenoxy) is 1. The van der Waals surface area contributed by atoms with Gasteiger partial charge in [-0.15, -0.1) is 0 Å². The van der Waals surface area contributed by atoms with E-state index >= 15 is 4.39 Å². The number of fused-ring (bicyclic) bond motifs is 2. The van der Waals surface area contributed by atoms with E-state index < -0.39 is 41.0 Å². The first-order chi connectivity index (χ1) is 20.3. The molecule has 0 aromatic heterocycles. The molecule has 2 heterocycles. The minimum absolute atomic E-state index is 0.124. The number of nitrogens with two attached hydrogens (primary N) is 1. The van der Waals surface area contributed by atoms with E-state index in [1.165, 1.54) is 24.3 Å². The van der Waals surface area contributed by atoms with Crippen LogP contribution in [0.4, 0.5) is 15.8 Å². The van der Waals surface area contributed by atoms with E-state index in [0.717, 1.165) is 0 Å². The molecule has 0 aliphatic carbocycles. The van der Waals surface area contributed by atoms with Crippen LogP contribution in [0.15, 0.2) is 54.6 Å². The van der Waals surface area contributed by atoms with E-state index in [9.17, 15) is 14.4 Å². The first kappa shape index (κ1) is 30.8. The fourth-order valence-corrected chi connectivity index (χ4v) is 6.77. The highest BCUT2D eigenvalue weighted by Gasteiger charge is 2.66. The maximum atomic E-state index is 16.0. The topological polar surface area (TPSA) is 123 Å². The number of primary amides is 1. The van der Waals surface area contributed by atoms with Gasteiger partial charge in [0.25, 0.3) is 0 Å². The van der Waals surface area contributed by atoms with E-state index in [4.69, 9.17) is 33.7 Å². The van der Waals surface area contributed by atoms with E-state index in [1.807, 2.05) is 20.8 Å². The average Bonchev–Trinajstić information content (AvgIpc) is 3.40. The first-order valence-corrected chi connectivity index (χ1v) is 14.7. The van der Waals surface area contributed by atoms with E-state index in [1.54, 1.807) is 37.3 Å². The van der Waals surface area contributed by atoms with Crippen LogP contribution >= 0.6 is 23.2 Å². The predicted molar refractivity (Wildman–Crippen MR) is 165 cm³/mol. The van der Waals surface area contributed by atoms with Crippen molar-refractivity contribution in [1.82, 2.24) is 5.32 Å². The fraction of sp³-hybridized carbons (Fsp3) is 0.344. The maximum absolute atomic E-state index is 16.0. The zero-order chi connectivity index (χ0) is 31.3. The number of halogens is 3. The van der Waals surface area contributed by atoms with E-state index in [2.05, 4.69) is 16.0 Å². The quantitative estimate of drug-likeness (QED) is 0.255. The van der Waals surface area contributed by atoms with Gasteiger partial charge >= 0.3 is 0 Å². The number of nitrogens with one attached hydrogen (secondary N) is 3. The lowest BCUT2D eigenvalue weighted by Gasteiger charge is -2.37. The second-order valence-corrected chi connectivity index (χ2v) is 12.9. The summed E-state index contributed by atoms with van der Waals surface area (Å²) in [4.78, 5) is 40.3. The minimum Gasteiger partial charge on any atom is -0.492 e. The highest BCUT2D eigenvalue weighted by molar-refractivity contribution is 6.31. The van der Waals surface area contributed by atoms with Gasteiger partial charge in [0.15, 0.2) is 0 Å². The van der Waals surface area contributed by atoms with Crippen LogP contribution in [-0.4, -0.2) is 36.4 Å². The fourth-order valence-electron chi connectivity index (χ4n) is 6.42. The zero-order valence-corrected chi connectivity index (χ0v) is 25.7. The molecule has 0 bridgehead atoms. The predicted octanol–water partition coefficient (Wildman–Crippen LogP) is 6.02. The molecular formula is C32H33Cl2FN4O4. The highest BCUT2D eigenvalue weighted by atomic mass is 35.5. The van der Waals surface area contributed by atoms with Crippen LogP contribution < -0.4 is 26.4 Å². The highest BCUT2D eigenvalue weighted by Crippen LogP contribution is 2.57. The number of rotatable bonds is 7. The summed E-state index contributed by atoms with van der Waals surface area (Å²) in [5, 5.41) is 9.58. The normalized spacial score (nSPS) is 22.8. The van der Waals surface area contributed by atoms with Gasteiger partial charge in [-0.2, -0.15) is 0 Å². The van der Waals surface area contributed by atoms with Gasteiger partial charge in [-0.25, -0.2) is 4.39 Å². The number of benzene rings is 3. The number of amides is 3. The van der Waals surface area contributed by atoms with Crippen LogP contribution in [-0.2, 0) is 15.0 Å². The summed E-state index contributed by atoms with van der Waals surface area (Å²) in [6.45, 7) is 8.14. The van der Waals surface area contributed by atoms with Crippen molar-refractivity contribution in [2.75, 3.05) is 17.2 Å². The van der Waals surface area contributed by atoms with Gasteiger partial charge in [0.05, 0.1) is 23.4 Å². The molecule has 8 nitrogen and oxygen atoms in total. The van der Waals surface area contributed by atoms with Crippen LogP contribution in [0.2, 0.25) is 10.0 Å². The Morgan fingerprint density at radius 1 is 1.12 bits per heavy atom. The summed E-state index contributed by atoms with van der Waals surface area (Å²) in [6, 6.07) is 12.5. The number of carbonyl (C=O) groups is 3. The van der Waals surface area contributed by atoms with Crippen LogP contribution in [0.1, 0.15) is 61.5 Å². The van der Waals surface area contributed by atoms with Gasteiger partial charge in [-0.1, -0.05) is 62.2 Å². The van der Waals surface area contributed by atoms with Crippen LogP contribution in [0.25, 0.3) is 0 Å². The summed E-state index contributed by atoms with van der Waals surface area (Å²) >= 11 is 12.6. The van der Waals surface area contributed by atoms with Crippen LogP contribution in [0.5, 0.6) is 5.75 Å². The number of hydrogen-bond donors (Lipinski definition) is 4. The van der Waals surface area contributed by atoms with Gasteiger partial charge in [-0.05, 0) is 66.3 Å². The molecular weight excluding hydrogens is 594 g/mol. The molecule has 2 aliphatic heterocycles. The van der Waals surface area contributed by atoms with Gasteiger partial charge < -0.3 is 26.4 Å². The molecule has 0 saturated carbocycles. The molecule has 5 rings (SSSR count). The number of anilines is 2. The van der Waals surface area contributed by atoms with Crippen LogP contribution in [0, 0.1) is 11.2 Å². The summed E-state index contributed by atoms with van der Waals surface area (Å²) in [7, 11) is 0. The third kappa shape index (κ3) is 5.46. The lowest BCUT2D eigenvalue weighted by Crippen LogP contribution is -2.49. The van der Waals surface area contributed by atoms with Crippen molar-refractivity contribution in [2.45, 2.75) is 57.5 Å². The maximum Gasteiger partial charge on any atom is 0.248 e. The average molecular weight is 628 g/mol. The number of carbonyl (C=O) groups excluding carboxylic acids is 3. The van der Waals surface area contributed by atoms with Crippen molar-refractivity contribution >= 4 is 52.3 Å². The molecule has 4 atom stereocenters. The standard InChI is InChI=1S/C32H33Cl2FN4O4/c1-5-43-23-13-16(28(36)40)9-12-21(23)37-29(41)27-25(18-7-6-8-20(34)26(18)35)32(24(39-27)15-31(2,3)4)19-11-10-17(33)14-22(19)38-30(32)42/h6-14,24-25,27,39H,5,15H2,1-4H3,(H2,36,40)(H,37,41)(H,38,42)/t24-,25-,27+,32+/m0/s1. The lowest BCUT2D eigenvalue weighted by atomic mass is 9.62. The van der Waals surface area contributed by atoms with E-state index in [-0.39, 0.29) is 39.8 Å². The Kier molecular flexibility index (Phi) is 8.19. The van der Waals surface area contributed by atoms with Gasteiger partial charge in [0.1, 0.15) is 17.0 Å². The largest absolute Gasteiger partial charge is 0.492 e. The second kappa shape index (κ2) is 11.4. The molecule has 43 heavy (non-hydrogen) atoms. The molecule has 11 heteroatoms. The smallest absolute Gasteiger partial charge is 0.248 e. The molecule has 226 valence electrons. The van der Waals surface area contributed by atoms with Gasteiger partial charge in [0.2, 0.25) is 17.7 Å². The molecule has 1 spiro atoms. The molecule has 0 radical (unpaired) electrons. The molecule has 3 amide bonds. The third-order valence-electron chi connectivity index (χ3n) is 8.04. The van der Waals surface area contributed by atoms with Crippen molar-refractivity contribution < 1.29 is 23.5 Å². The molecule has 1 fully saturated rings. The SMILES string of the molecule is CCOc1cc(C(N)=O)ccc1NC(=O)[C@@H]1N[C@@H](CC(C)(C)C)[C@@]2(C(=O)Nc3cc(Cl)ccc32)[C@H]1c1cccc(Cl)c1F. The summed E-state index contributed by atoms with van der Waals surface area (Å²) in [6.07, 6.45) is 0.475. The monoisotopic (exact) mass is 626 g/mol. The van der Waals surface area contributed by atoms with Crippen molar-refractivity contribution in [3.05, 3.63) is 87.2 Å². The molecule has 1 saturated heterocycles. The van der Waals surface area contributed by atoms with Crippen molar-refractivity contribution in [2.24, 2.45) is 11.1 Å². The lowest BCUT2D eigenvalue weighted by molar-refractivity contribution is -0.122.